The van der Waals surface area contributed by atoms with E-state index in [4.69, 9.17) is 40.2 Å². The molecule has 168 valence electrons. The number of methoxy groups -OCH3 is 1. The van der Waals surface area contributed by atoms with E-state index in [1.165, 1.54) is 18.4 Å². The van der Waals surface area contributed by atoms with Crippen LogP contribution in [0.15, 0.2) is 67.0 Å². The second kappa shape index (κ2) is 10.4. The van der Waals surface area contributed by atoms with Crippen LogP contribution in [-0.2, 0) is 11.3 Å². The molecule has 4 rings (SSSR count). The molecule has 33 heavy (non-hydrogen) atoms. The minimum absolute atomic E-state index is 0.329. The van der Waals surface area contributed by atoms with Crippen molar-refractivity contribution >= 4 is 68.5 Å². The first-order valence-corrected chi connectivity index (χ1v) is 11.7. The third-order valence-electron chi connectivity index (χ3n) is 4.64. The van der Waals surface area contributed by atoms with E-state index in [0.29, 0.717) is 38.0 Å². The number of benzene rings is 2. The smallest absolute Gasteiger partial charge is 0.340 e. The maximum Gasteiger partial charge on any atom is 0.340 e. The molecule has 0 spiro atoms. The summed E-state index contributed by atoms with van der Waals surface area (Å²) in [4.78, 5) is 13.2. The topological polar surface area (TPSA) is 68.2 Å². The molecule has 2 aromatic carbocycles. The molecule has 2 N–H and O–H groups in total. The third kappa shape index (κ3) is 5.72. The summed E-state index contributed by atoms with van der Waals surface area (Å²) in [7, 11) is 1.35. The Balaban J connectivity index is 1.46. The van der Waals surface area contributed by atoms with Gasteiger partial charge in [0.05, 0.1) is 41.1 Å². The quantitative estimate of drug-likeness (QED) is 0.223. The van der Waals surface area contributed by atoms with Gasteiger partial charge in [-0.2, -0.15) is 5.10 Å². The van der Waals surface area contributed by atoms with Crippen LogP contribution in [0, 0.1) is 0 Å². The molecule has 0 radical (unpaired) electrons. The second-order valence-electron chi connectivity index (χ2n) is 6.97. The van der Waals surface area contributed by atoms with Crippen molar-refractivity contribution in [3.05, 3.63) is 88.2 Å². The molecule has 0 saturated carbocycles. The molecule has 2 heterocycles. The number of thiophene rings is 1. The van der Waals surface area contributed by atoms with Crippen molar-refractivity contribution in [2.24, 2.45) is 0 Å². The Kier molecular flexibility index (Phi) is 7.29. The van der Waals surface area contributed by atoms with Crippen LogP contribution in [0.1, 0.15) is 15.9 Å². The fraction of sp³-hybridized carbons (Fsp3) is 0.0870. The molecule has 0 unspecified atom stereocenters. The molecular weight excluding hydrogens is 499 g/mol. The highest BCUT2D eigenvalue weighted by molar-refractivity contribution is 7.80. The average Bonchev–Trinajstić information content (AvgIpc) is 3.43. The highest BCUT2D eigenvalue weighted by atomic mass is 35.5. The van der Waals surface area contributed by atoms with Crippen molar-refractivity contribution in [3.8, 4) is 10.4 Å². The number of hydrogen-bond donors (Lipinski definition) is 2. The standard InChI is InChI=1S/C23H18Cl2N4O2S2/c1-31-22(30)17-10-20(15-5-3-2-4-6-15)33-21(17)28-23(32)27-16-11-26-29(13-16)12-14-7-8-18(24)19(25)9-14/h2-11,13H,12H2,1H3,(H2,27,28,32). The van der Waals surface area contributed by atoms with E-state index in [-0.39, 0.29) is 0 Å². The van der Waals surface area contributed by atoms with Crippen molar-refractivity contribution in [3.63, 3.8) is 0 Å². The van der Waals surface area contributed by atoms with Crippen LogP contribution in [0.2, 0.25) is 10.0 Å². The van der Waals surface area contributed by atoms with Gasteiger partial charge in [-0.1, -0.05) is 59.6 Å². The van der Waals surface area contributed by atoms with Crippen LogP contribution in [-0.4, -0.2) is 28.0 Å². The number of rotatable bonds is 6. The van der Waals surface area contributed by atoms with E-state index in [0.717, 1.165) is 16.0 Å². The van der Waals surface area contributed by atoms with Crippen LogP contribution in [0.3, 0.4) is 0 Å². The lowest BCUT2D eigenvalue weighted by atomic mass is 10.1. The van der Waals surface area contributed by atoms with Crippen molar-refractivity contribution in [1.29, 1.82) is 0 Å². The van der Waals surface area contributed by atoms with Gasteiger partial charge in [-0.15, -0.1) is 11.3 Å². The van der Waals surface area contributed by atoms with E-state index >= 15 is 0 Å². The minimum atomic E-state index is -0.437. The summed E-state index contributed by atoms with van der Waals surface area (Å²) in [6.07, 6.45) is 3.48. The molecule has 0 aliphatic carbocycles. The molecule has 6 nitrogen and oxygen atoms in total. The Bertz CT molecular complexity index is 1310. The Morgan fingerprint density at radius 3 is 2.64 bits per heavy atom. The van der Waals surface area contributed by atoms with Crippen LogP contribution in [0.5, 0.6) is 0 Å². The highest BCUT2D eigenvalue weighted by Gasteiger charge is 2.18. The zero-order chi connectivity index (χ0) is 23.4. The zero-order valence-corrected chi connectivity index (χ0v) is 20.5. The van der Waals surface area contributed by atoms with Gasteiger partial charge < -0.3 is 15.4 Å². The largest absolute Gasteiger partial charge is 0.465 e. The predicted octanol–water partition coefficient (Wildman–Crippen LogP) is 6.56. The van der Waals surface area contributed by atoms with Crippen LogP contribution in [0.4, 0.5) is 10.7 Å². The Morgan fingerprint density at radius 2 is 1.91 bits per heavy atom. The number of nitrogens with zero attached hydrogens (tertiary/aromatic N) is 2. The van der Waals surface area contributed by atoms with Gasteiger partial charge in [-0.05, 0) is 41.5 Å². The van der Waals surface area contributed by atoms with Gasteiger partial charge in [0.25, 0.3) is 0 Å². The van der Waals surface area contributed by atoms with Crippen molar-refractivity contribution in [1.82, 2.24) is 9.78 Å². The summed E-state index contributed by atoms with van der Waals surface area (Å²) < 4.78 is 6.69. The first-order chi connectivity index (χ1) is 15.9. The number of esters is 1. The zero-order valence-electron chi connectivity index (χ0n) is 17.3. The molecular formula is C23H18Cl2N4O2S2. The Hall–Kier alpha value is -2.91. The van der Waals surface area contributed by atoms with Crippen LogP contribution >= 0.6 is 46.8 Å². The predicted molar refractivity (Wildman–Crippen MR) is 139 cm³/mol. The van der Waals surface area contributed by atoms with Gasteiger partial charge in [0.1, 0.15) is 5.00 Å². The summed E-state index contributed by atoms with van der Waals surface area (Å²) in [6, 6.07) is 17.0. The first kappa shape index (κ1) is 23.3. The van der Waals surface area contributed by atoms with Gasteiger partial charge in [0, 0.05) is 11.1 Å². The average molecular weight is 517 g/mol. The molecule has 0 fully saturated rings. The van der Waals surface area contributed by atoms with E-state index in [2.05, 4.69) is 15.7 Å². The lowest BCUT2D eigenvalue weighted by Crippen LogP contribution is -2.19. The molecule has 2 aromatic heterocycles. The highest BCUT2D eigenvalue weighted by Crippen LogP contribution is 2.36. The molecule has 0 amide bonds. The van der Waals surface area contributed by atoms with Gasteiger partial charge in [-0.25, -0.2) is 4.79 Å². The number of nitrogens with one attached hydrogen (secondary N) is 2. The fourth-order valence-corrected chi connectivity index (χ4v) is 4.76. The summed E-state index contributed by atoms with van der Waals surface area (Å²) in [5.41, 5.74) is 3.09. The van der Waals surface area contributed by atoms with E-state index in [9.17, 15) is 4.79 Å². The minimum Gasteiger partial charge on any atom is -0.465 e. The number of anilines is 2. The van der Waals surface area contributed by atoms with Crippen molar-refractivity contribution in [2.75, 3.05) is 17.7 Å². The van der Waals surface area contributed by atoms with Gasteiger partial charge in [-0.3, -0.25) is 4.68 Å². The van der Waals surface area contributed by atoms with Crippen LogP contribution in [0.25, 0.3) is 10.4 Å². The molecule has 10 heteroatoms. The summed E-state index contributed by atoms with van der Waals surface area (Å²) in [5.74, 6) is -0.437. The number of carbonyl (C=O) groups is 1. The number of hydrogen-bond acceptors (Lipinski definition) is 5. The Labute approximate surface area is 210 Å². The molecule has 0 bridgehead atoms. The van der Waals surface area contributed by atoms with Gasteiger partial charge >= 0.3 is 5.97 Å². The van der Waals surface area contributed by atoms with Crippen LogP contribution < -0.4 is 10.6 Å². The summed E-state index contributed by atoms with van der Waals surface area (Å²) >= 11 is 18.9. The SMILES string of the molecule is COC(=O)c1cc(-c2ccccc2)sc1NC(=S)Nc1cnn(Cc2ccc(Cl)c(Cl)c2)c1. The van der Waals surface area contributed by atoms with E-state index in [1.807, 2.05) is 42.6 Å². The third-order valence-corrected chi connectivity index (χ3v) is 6.69. The monoisotopic (exact) mass is 516 g/mol. The maximum atomic E-state index is 12.3. The fourth-order valence-electron chi connectivity index (χ4n) is 3.10. The molecule has 0 atom stereocenters. The van der Waals surface area contributed by atoms with Crippen molar-refractivity contribution in [2.45, 2.75) is 6.54 Å². The van der Waals surface area contributed by atoms with E-state index in [1.54, 1.807) is 29.1 Å². The number of carbonyl (C=O) groups excluding carboxylic acids is 1. The molecule has 0 aliphatic rings. The molecule has 4 aromatic rings. The Morgan fingerprint density at radius 1 is 1.12 bits per heavy atom. The summed E-state index contributed by atoms with van der Waals surface area (Å²) in [5, 5.41) is 12.5. The lowest BCUT2D eigenvalue weighted by Gasteiger charge is -2.08. The number of aromatic nitrogens is 2. The number of thiocarbonyl (C=S) groups is 1. The molecule has 0 aliphatic heterocycles. The van der Waals surface area contributed by atoms with E-state index < -0.39 is 5.97 Å². The van der Waals surface area contributed by atoms with Gasteiger partial charge in [0.2, 0.25) is 0 Å². The molecule has 0 saturated heterocycles. The van der Waals surface area contributed by atoms with Gasteiger partial charge in [0.15, 0.2) is 5.11 Å². The number of halogens is 2. The number of ether oxygens (including phenoxy) is 1. The first-order valence-electron chi connectivity index (χ1n) is 9.75. The second-order valence-corrected chi connectivity index (χ2v) is 9.24. The lowest BCUT2D eigenvalue weighted by molar-refractivity contribution is 0.0602. The summed E-state index contributed by atoms with van der Waals surface area (Å²) in [6.45, 7) is 0.524. The normalized spacial score (nSPS) is 10.6. The van der Waals surface area contributed by atoms with Crippen molar-refractivity contribution < 1.29 is 9.53 Å². The maximum absolute atomic E-state index is 12.3.